The van der Waals surface area contributed by atoms with Crippen molar-refractivity contribution in [2.24, 2.45) is 5.73 Å². The summed E-state index contributed by atoms with van der Waals surface area (Å²) < 4.78 is 39.7. The van der Waals surface area contributed by atoms with Gasteiger partial charge in [0.05, 0.1) is 11.3 Å². The number of benzene rings is 2. The van der Waals surface area contributed by atoms with Crippen molar-refractivity contribution in [2.75, 3.05) is 6.54 Å². The Kier molecular flexibility index (Phi) is 5.82. The lowest BCUT2D eigenvalue weighted by Gasteiger charge is -2.11. The standard InChI is InChI=1S/C21H22ClF3N2/c1-2-13-6-5-8-15-16(7-3-4-11-26)20(27-19(13)15)17-12-14(21(23,24)25)9-10-18(17)22/h5-6,8-10,12,27H,2-4,7,11,26H2,1H3. The second kappa shape index (κ2) is 7.95. The van der Waals surface area contributed by atoms with E-state index in [0.29, 0.717) is 22.8 Å². The molecule has 0 radical (unpaired) electrons. The van der Waals surface area contributed by atoms with Crippen molar-refractivity contribution in [3.63, 3.8) is 0 Å². The summed E-state index contributed by atoms with van der Waals surface area (Å²) in [5.74, 6) is 0. The largest absolute Gasteiger partial charge is 0.416 e. The highest BCUT2D eigenvalue weighted by molar-refractivity contribution is 6.33. The molecule has 27 heavy (non-hydrogen) atoms. The van der Waals surface area contributed by atoms with Crippen LogP contribution in [0, 0.1) is 0 Å². The Bertz CT molecular complexity index is 944. The zero-order chi connectivity index (χ0) is 19.6. The van der Waals surface area contributed by atoms with Gasteiger partial charge in [-0.1, -0.05) is 36.7 Å². The van der Waals surface area contributed by atoms with Gasteiger partial charge in [-0.05, 0) is 61.6 Å². The fraction of sp³-hybridized carbons (Fsp3) is 0.333. The molecule has 0 saturated heterocycles. The van der Waals surface area contributed by atoms with Crippen molar-refractivity contribution in [3.05, 3.63) is 58.1 Å². The molecule has 0 bridgehead atoms. The molecule has 2 nitrogen and oxygen atoms in total. The van der Waals surface area contributed by atoms with Crippen LogP contribution in [0.25, 0.3) is 22.2 Å². The Labute approximate surface area is 161 Å². The van der Waals surface area contributed by atoms with Crippen LogP contribution in [0.5, 0.6) is 0 Å². The monoisotopic (exact) mass is 394 g/mol. The molecule has 0 fully saturated rings. The maximum atomic E-state index is 13.2. The normalized spacial score (nSPS) is 12.1. The van der Waals surface area contributed by atoms with Gasteiger partial charge >= 0.3 is 6.18 Å². The molecule has 3 N–H and O–H groups in total. The molecule has 1 heterocycles. The van der Waals surface area contributed by atoms with E-state index in [1.807, 2.05) is 18.2 Å². The molecule has 3 rings (SSSR count). The van der Waals surface area contributed by atoms with E-state index in [0.717, 1.165) is 59.8 Å². The minimum Gasteiger partial charge on any atom is -0.354 e. The summed E-state index contributed by atoms with van der Waals surface area (Å²) in [6.07, 6.45) is -1.14. The number of H-pyrrole nitrogens is 1. The molecule has 0 amide bonds. The van der Waals surface area contributed by atoms with E-state index in [4.69, 9.17) is 17.3 Å². The Morgan fingerprint density at radius 2 is 1.89 bits per heavy atom. The van der Waals surface area contributed by atoms with Crippen molar-refractivity contribution in [1.29, 1.82) is 0 Å². The SMILES string of the molecule is CCc1cccc2c(CCCCN)c(-c3cc(C(F)(F)F)ccc3Cl)[nH]c12. The first kappa shape index (κ1) is 19.8. The number of rotatable bonds is 6. The predicted octanol–water partition coefficient (Wildman–Crippen LogP) is 6.35. The van der Waals surface area contributed by atoms with Crippen molar-refractivity contribution >= 4 is 22.5 Å². The lowest BCUT2D eigenvalue weighted by atomic mass is 9.98. The molecular formula is C21H22ClF3N2. The molecule has 0 saturated carbocycles. The van der Waals surface area contributed by atoms with Crippen LogP contribution in [0.4, 0.5) is 13.2 Å². The van der Waals surface area contributed by atoms with Gasteiger partial charge in [-0.15, -0.1) is 0 Å². The molecule has 3 aromatic rings. The van der Waals surface area contributed by atoms with Crippen molar-refractivity contribution in [1.82, 2.24) is 4.98 Å². The van der Waals surface area contributed by atoms with Crippen LogP contribution in [0.1, 0.15) is 36.5 Å². The smallest absolute Gasteiger partial charge is 0.354 e. The zero-order valence-corrected chi connectivity index (χ0v) is 15.8. The van der Waals surface area contributed by atoms with E-state index >= 15 is 0 Å². The van der Waals surface area contributed by atoms with E-state index in [-0.39, 0.29) is 0 Å². The molecule has 2 aromatic carbocycles. The van der Waals surface area contributed by atoms with Crippen LogP contribution in [0.2, 0.25) is 5.02 Å². The predicted molar refractivity (Wildman–Crippen MR) is 105 cm³/mol. The fourth-order valence-corrected chi connectivity index (χ4v) is 3.67. The third-order valence-electron chi connectivity index (χ3n) is 4.85. The highest BCUT2D eigenvalue weighted by Gasteiger charge is 2.31. The summed E-state index contributed by atoms with van der Waals surface area (Å²) in [6, 6.07) is 9.48. The molecule has 144 valence electrons. The number of halogens is 4. The van der Waals surface area contributed by atoms with Gasteiger partial charge in [0.1, 0.15) is 0 Å². The van der Waals surface area contributed by atoms with Gasteiger partial charge in [0.15, 0.2) is 0 Å². The molecule has 0 spiro atoms. The van der Waals surface area contributed by atoms with Crippen molar-refractivity contribution < 1.29 is 13.2 Å². The molecule has 0 aliphatic rings. The zero-order valence-electron chi connectivity index (χ0n) is 15.1. The highest BCUT2D eigenvalue weighted by Crippen LogP contribution is 2.39. The van der Waals surface area contributed by atoms with E-state index in [1.165, 1.54) is 6.07 Å². The summed E-state index contributed by atoms with van der Waals surface area (Å²) >= 11 is 6.31. The highest BCUT2D eigenvalue weighted by atomic mass is 35.5. The first-order valence-corrected chi connectivity index (χ1v) is 9.44. The van der Waals surface area contributed by atoms with E-state index in [2.05, 4.69) is 11.9 Å². The molecule has 0 aliphatic carbocycles. The minimum absolute atomic E-state index is 0.299. The van der Waals surface area contributed by atoms with Gasteiger partial charge < -0.3 is 10.7 Å². The number of aromatic nitrogens is 1. The molecule has 0 atom stereocenters. The lowest BCUT2D eigenvalue weighted by molar-refractivity contribution is -0.137. The quantitative estimate of drug-likeness (QED) is 0.470. The van der Waals surface area contributed by atoms with Crippen LogP contribution in [-0.2, 0) is 19.0 Å². The summed E-state index contributed by atoms with van der Waals surface area (Å²) in [4.78, 5) is 3.36. The molecule has 1 aromatic heterocycles. The Morgan fingerprint density at radius 1 is 1.11 bits per heavy atom. The number of hydrogen-bond acceptors (Lipinski definition) is 1. The number of para-hydroxylation sites is 1. The van der Waals surface area contributed by atoms with Crippen LogP contribution >= 0.6 is 11.6 Å². The number of fused-ring (bicyclic) bond motifs is 1. The second-order valence-electron chi connectivity index (χ2n) is 6.61. The van der Waals surface area contributed by atoms with Crippen molar-refractivity contribution in [2.45, 2.75) is 38.8 Å². The third-order valence-corrected chi connectivity index (χ3v) is 5.18. The first-order chi connectivity index (χ1) is 12.9. The van der Waals surface area contributed by atoms with Gasteiger partial charge in [0, 0.05) is 21.5 Å². The maximum absolute atomic E-state index is 13.2. The number of nitrogens with one attached hydrogen (secondary N) is 1. The number of hydrogen-bond donors (Lipinski definition) is 2. The Morgan fingerprint density at radius 3 is 2.56 bits per heavy atom. The number of unbranched alkanes of at least 4 members (excludes halogenated alkanes) is 1. The number of aryl methyl sites for hydroxylation is 2. The number of alkyl halides is 3. The summed E-state index contributed by atoms with van der Waals surface area (Å²) in [7, 11) is 0. The van der Waals surface area contributed by atoms with Gasteiger partial charge in [0.2, 0.25) is 0 Å². The maximum Gasteiger partial charge on any atom is 0.416 e. The number of nitrogens with two attached hydrogens (primary N) is 1. The fourth-order valence-electron chi connectivity index (χ4n) is 3.46. The summed E-state index contributed by atoms with van der Waals surface area (Å²) in [5, 5.41) is 1.34. The number of aromatic amines is 1. The van der Waals surface area contributed by atoms with Gasteiger partial charge in [0.25, 0.3) is 0 Å². The van der Waals surface area contributed by atoms with E-state index < -0.39 is 11.7 Å². The molecule has 6 heteroatoms. The van der Waals surface area contributed by atoms with Gasteiger partial charge in [-0.2, -0.15) is 13.2 Å². The Hall–Kier alpha value is -1.98. The van der Waals surface area contributed by atoms with E-state index in [9.17, 15) is 13.2 Å². The van der Waals surface area contributed by atoms with Crippen LogP contribution < -0.4 is 5.73 Å². The molecule has 0 unspecified atom stereocenters. The average molecular weight is 395 g/mol. The summed E-state index contributed by atoms with van der Waals surface area (Å²) in [5.41, 5.74) is 9.04. The average Bonchev–Trinajstić information content (AvgIpc) is 3.00. The van der Waals surface area contributed by atoms with Crippen molar-refractivity contribution in [3.8, 4) is 11.3 Å². The summed E-state index contributed by atoms with van der Waals surface area (Å²) in [6.45, 7) is 2.64. The minimum atomic E-state index is -4.42. The second-order valence-corrected chi connectivity index (χ2v) is 7.02. The topological polar surface area (TPSA) is 41.8 Å². The third kappa shape index (κ3) is 3.99. The lowest BCUT2D eigenvalue weighted by Crippen LogP contribution is -2.05. The van der Waals surface area contributed by atoms with Gasteiger partial charge in [-0.3, -0.25) is 0 Å². The van der Waals surface area contributed by atoms with Crippen LogP contribution in [0.15, 0.2) is 36.4 Å². The molecule has 0 aliphatic heterocycles. The Balaban J connectivity index is 2.22. The molecular weight excluding hydrogens is 373 g/mol. The van der Waals surface area contributed by atoms with Gasteiger partial charge in [-0.25, -0.2) is 0 Å². The van der Waals surface area contributed by atoms with E-state index in [1.54, 1.807) is 0 Å². The van der Waals surface area contributed by atoms with Crippen LogP contribution in [-0.4, -0.2) is 11.5 Å². The van der Waals surface area contributed by atoms with Crippen LogP contribution in [0.3, 0.4) is 0 Å². The first-order valence-electron chi connectivity index (χ1n) is 9.06.